The first-order chi connectivity index (χ1) is 8.33. The van der Waals surface area contributed by atoms with Gasteiger partial charge in [0.2, 0.25) is 0 Å². The van der Waals surface area contributed by atoms with E-state index >= 15 is 0 Å². The molecular formula is C10H12F3NO3S. The average molecular weight is 283 g/mol. The molecule has 0 aliphatic carbocycles. The summed E-state index contributed by atoms with van der Waals surface area (Å²) in [6.45, 7) is 0.275. The van der Waals surface area contributed by atoms with Crippen LogP contribution in [0.3, 0.4) is 0 Å². The van der Waals surface area contributed by atoms with Crippen molar-refractivity contribution in [2.24, 2.45) is 0 Å². The molecule has 0 aliphatic heterocycles. The van der Waals surface area contributed by atoms with Crippen LogP contribution in [0.4, 0.5) is 13.2 Å². The summed E-state index contributed by atoms with van der Waals surface area (Å²) in [5.74, 6) is -0.493. The molecule has 1 rings (SSSR count). The van der Waals surface area contributed by atoms with Gasteiger partial charge in [0.1, 0.15) is 11.5 Å². The summed E-state index contributed by atoms with van der Waals surface area (Å²) in [4.78, 5) is 15.7. The van der Waals surface area contributed by atoms with Gasteiger partial charge in [0.15, 0.2) is 0 Å². The highest BCUT2D eigenvalue weighted by molar-refractivity contribution is 7.13. The van der Waals surface area contributed by atoms with Crippen molar-refractivity contribution in [2.75, 3.05) is 20.3 Å². The zero-order chi connectivity index (χ0) is 13.8. The van der Waals surface area contributed by atoms with E-state index in [1.807, 2.05) is 0 Å². The summed E-state index contributed by atoms with van der Waals surface area (Å²) < 4.78 is 44.4. The van der Waals surface area contributed by atoms with Gasteiger partial charge in [-0.2, -0.15) is 13.2 Å². The summed E-state index contributed by atoms with van der Waals surface area (Å²) in [5.41, 5.74) is 0.512. The molecule has 4 nitrogen and oxygen atoms in total. The summed E-state index contributed by atoms with van der Waals surface area (Å²) in [5, 5.41) is 0.551. The molecule has 1 heterocycles. The molecule has 8 heteroatoms. The minimum Gasteiger partial charge on any atom is -0.465 e. The zero-order valence-electron chi connectivity index (χ0n) is 9.84. The maximum absolute atomic E-state index is 11.8. The van der Waals surface area contributed by atoms with Crippen molar-refractivity contribution in [2.45, 2.75) is 19.5 Å². The first kappa shape index (κ1) is 14.9. The molecule has 0 aliphatic rings. The van der Waals surface area contributed by atoms with Crippen LogP contribution in [0.5, 0.6) is 0 Å². The van der Waals surface area contributed by atoms with Crippen molar-refractivity contribution in [3.63, 3.8) is 0 Å². The van der Waals surface area contributed by atoms with E-state index in [1.165, 1.54) is 7.11 Å². The van der Waals surface area contributed by atoms with Gasteiger partial charge in [-0.1, -0.05) is 0 Å². The summed E-state index contributed by atoms with van der Waals surface area (Å²) in [6, 6.07) is 0. The van der Waals surface area contributed by atoms with Crippen LogP contribution in [0, 0.1) is 6.92 Å². The highest BCUT2D eigenvalue weighted by atomic mass is 32.1. The lowest BCUT2D eigenvalue weighted by Gasteiger charge is -2.05. The van der Waals surface area contributed by atoms with Crippen LogP contribution in [0.2, 0.25) is 0 Å². The number of methoxy groups -OCH3 is 1. The maximum Gasteiger partial charge on any atom is 0.411 e. The Morgan fingerprint density at radius 3 is 2.67 bits per heavy atom. The minimum atomic E-state index is -4.32. The van der Waals surface area contributed by atoms with Crippen LogP contribution >= 0.6 is 11.3 Å². The first-order valence-electron chi connectivity index (χ1n) is 5.02. The lowest BCUT2D eigenvalue weighted by molar-refractivity contribution is -0.173. The van der Waals surface area contributed by atoms with Gasteiger partial charge >= 0.3 is 12.1 Å². The largest absolute Gasteiger partial charge is 0.465 e. The molecular weight excluding hydrogens is 271 g/mol. The lowest BCUT2D eigenvalue weighted by Crippen LogP contribution is -2.17. The molecule has 0 atom stereocenters. The van der Waals surface area contributed by atoms with E-state index in [1.54, 1.807) is 6.92 Å². The van der Waals surface area contributed by atoms with Crippen LogP contribution in [-0.2, 0) is 15.9 Å². The molecule has 0 saturated heterocycles. The molecule has 1 aromatic heterocycles. The third kappa shape index (κ3) is 4.61. The zero-order valence-corrected chi connectivity index (χ0v) is 10.7. The predicted octanol–water partition coefficient (Wildman–Crippen LogP) is 2.36. The second-order valence-electron chi connectivity index (χ2n) is 3.43. The Morgan fingerprint density at radius 1 is 1.44 bits per heavy atom. The van der Waals surface area contributed by atoms with E-state index in [0.29, 0.717) is 15.6 Å². The van der Waals surface area contributed by atoms with E-state index < -0.39 is 18.8 Å². The fourth-order valence-corrected chi connectivity index (χ4v) is 2.15. The molecule has 0 saturated carbocycles. The number of thiazole rings is 1. The molecule has 0 aromatic carbocycles. The number of rotatable bonds is 5. The number of hydrogen-bond acceptors (Lipinski definition) is 5. The van der Waals surface area contributed by atoms with Crippen LogP contribution in [0.25, 0.3) is 0 Å². The Bertz CT molecular complexity index is 417. The van der Waals surface area contributed by atoms with E-state index in [4.69, 9.17) is 0 Å². The molecule has 102 valence electrons. The van der Waals surface area contributed by atoms with Crippen LogP contribution in [0.1, 0.15) is 20.4 Å². The topological polar surface area (TPSA) is 48.4 Å². The molecule has 0 spiro atoms. The highest BCUT2D eigenvalue weighted by Gasteiger charge is 2.27. The Balaban J connectivity index is 2.47. The van der Waals surface area contributed by atoms with E-state index in [0.717, 1.165) is 11.3 Å². The van der Waals surface area contributed by atoms with Gasteiger partial charge in [0.25, 0.3) is 0 Å². The molecule has 1 aromatic rings. The smallest absolute Gasteiger partial charge is 0.411 e. The number of esters is 1. The second-order valence-corrected chi connectivity index (χ2v) is 4.52. The minimum absolute atomic E-state index is 0.0902. The van der Waals surface area contributed by atoms with E-state index in [9.17, 15) is 18.0 Å². The fraction of sp³-hybridized carbons (Fsp3) is 0.600. The Hall–Kier alpha value is -1.15. The van der Waals surface area contributed by atoms with Gasteiger partial charge in [-0.15, -0.1) is 11.3 Å². The lowest BCUT2D eigenvalue weighted by atomic mass is 10.4. The van der Waals surface area contributed by atoms with Crippen LogP contribution in [-0.4, -0.2) is 37.5 Å². The fourth-order valence-electron chi connectivity index (χ4n) is 1.19. The normalized spacial score (nSPS) is 11.6. The van der Waals surface area contributed by atoms with Gasteiger partial charge < -0.3 is 9.47 Å². The molecule has 0 fully saturated rings. The number of carbonyl (C=O) groups is 1. The number of aryl methyl sites for hydroxylation is 1. The number of nitrogens with zero attached hydrogens (tertiary/aromatic N) is 1. The Morgan fingerprint density at radius 2 is 2.11 bits per heavy atom. The first-order valence-corrected chi connectivity index (χ1v) is 5.84. The highest BCUT2D eigenvalue weighted by Crippen LogP contribution is 2.20. The number of halogens is 3. The number of carbonyl (C=O) groups excluding carboxylic acids is 1. The van der Waals surface area contributed by atoms with Gasteiger partial charge in [0, 0.05) is 6.42 Å². The van der Waals surface area contributed by atoms with Gasteiger partial charge in [-0.25, -0.2) is 9.78 Å². The Labute approximate surface area is 106 Å². The molecule has 18 heavy (non-hydrogen) atoms. The number of hydrogen-bond donors (Lipinski definition) is 0. The van der Waals surface area contributed by atoms with Crippen LogP contribution in [0.15, 0.2) is 0 Å². The van der Waals surface area contributed by atoms with Crippen molar-refractivity contribution in [1.29, 1.82) is 0 Å². The van der Waals surface area contributed by atoms with Crippen molar-refractivity contribution in [3.05, 3.63) is 15.6 Å². The van der Waals surface area contributed by atoms with Gasteiger partial charge in [0.05, 0.1) is 24.4 Å². The predicted molar refractivity (Wildman–Crippen MR) is 58.8 cm³/mol. The number of alkyl halides is 3. The van der Waals surface area contributed by atoms with Crippen molar-refractivity contribution in [3.8, 4) is 0 Å². The van der Waals surface area contributed by atoms with Gasteiger partial charge in [-0.05, 0) is 6.92 Å². The molecule has 0 amide bonds. The van der Waals surface area contributed by atoms with Gasteiger partial charge in [-0.3, -0.25) is 0 Å². The van der Waals surface area contributed by atoms with Crippen molar-refractivity contribution < 1.29 is 27.4 Å². The van der Waals surface area contributed by atoms with Crippen molar-refractivity contribution >= 4 is 17.3 Å². The molecule has 0 bridgehead atoms. The monoisotopic (exact) mass is 283 g/mol. The van der Waals surface area contributed by atoms with E-state index in [-0.39, 0.29) is 13.0 Å². The van der Waals surface area contributed by atoms with Crippen molar-refractivity contribution in [1.82, 2.24) is 4.98 Å². The maximum atomic E-state index is 11.8. The third-order valence-electron chi connectivity index (χ3n) is 1.94. The standard InChI is InChI=1S/C10H12F3NO3S/c1-6-8(9(15)16-2)18-7(14-6)3-4-17-5-10(11,12)13/h3-5H2,1-2H3. The van der Waals surface area contributed by atoms with Crippen LogP contribution < -0.4 is 0 Å². The molecule has 0 radical (unpaired) electrons. The number of ether oxygens (including phenoxy) is 2. The second kappa shape index (κ2) is 6.14. The Kier molecular flexibility index (Phi) is 5.09. The quantitative estimate of drug-likeness (QED) is 0.615. The molecule has 0 N–H and O–H groups in total. The number of aromatic nitrogens is 1. The van der Waals surface area contributed by atoms with E-state index in [2.05, 4.69) is 14.5 Å². The third-order valence-corrected chi connectivity index (χ3v) is 3.13. The summed E-state index contributed by atoms with van der Waals surface area (Å²) >= 11 is 1.10. The summed E-state index contributed by atoms with van der Waals surface area (Å²) in [6.07, 6.45) is -4.09. The molecule has 0 unspecified atom stereocenters. The SMILES string of the molecule is COC(=O)c1sc(CCOCC(F)(F)F)nc1C. The summed E-state index contributed by atoms with van der Waals surface area (Å²) in [7, 11) is 1.26. The average Bonchev–Trinajstić information content (AvgIpc) is 2.64.